The van der Waals surface area contributed by atoms with Crippen LogP contribution in [0.25, 0.3) is 0 Å². The number of nitrogens with one attached hydrogen (secondary N) is 2. The van der Waals surface area contributed by atoms with Crippen molar-refractivity contribution >= 4 is 21.9 Å². The van der Waals surface area contributed by atoms with E-state index < -0.39 is 21.7 Å². The van der Waals surface area contributed by atoms with Gasteiger partial charge in [0.05, 0.1) is 11.3 Å². The highest BCUT2D eigenvalue weighted by Crippen LogP contribution is 2.19. The Balaban J connectivity index is 3.10. The Labute approximate surface area is 113 Å². The lowest BCUT2D eigenvalue weighted by atomic mass is 10.1. The number of carboxylic acid groups (broad SMARTS) is 1. The average molecular weight is 286 g/mol. The summed E-state index contributed by atoms with van der Waals surface area (Å²) in [6, 6.07) is 4.49. The first-order valence-corrected chi connectivity index (χ1v) is 7.14. The third-order valence-electron chi connectivity index (χ3n) is 2.09. The molecule has 0 spiro atoms. The fourth-order valence-corrected chi connectivity index (χ4v) is 2.82. The van der Waals surface area contributed by atoms with Gasteiger partial charge < -0.3 is 5.11 Å². The first kappa shape index (κ1) is 15.5. The molecule has 7 heteroatoms. The number of hydrogen-bond acceptors (Lipinski definition) is 3. The molecule has 0 aliphatic carbocycles. The fraction of sp³-hybridized carbons (Fsp3) is 0.417. The van der Waals surface area contributed by atoms with E-state index in [0.717, 1.165) is 5.56 Å². The van der Waals surface area contributed by atoms with Crippen molar-refractivity contribution < 1.29 is 18.3 Å². The number of anilines is 1. The van der Waals surface area contributed by atoms with Crippen LogP contribution in [-0.4, -0.2) is 25.0 Å². The van der Waals surface area contributed by atoms with Gasteiger partial charge in [0.2, 0.25) is 0 Å². The predicted molar refractivity (Wildman–Crippen MR) is 73.6 cm³/mol. The van der Waals surface area contributed by atoms with Crippen molar-refractivity contribution in [2.24, 2.45) is 0 Å². The Hall–Kier alpha value is -1.60. The Kier molecular flexibility index (Phi) is 4.21. The van der Waals surface area contributed by atoms with Gasteiger partial charge in [-0.2, -0.15) is 13.1 Å². The highest BCUT2D eigenvalue weighted by Gasteiger charge is 2.21. The van der Waals surface area contributed by atoms with Crippen molar-refractivity contribution in [1.82, 2.24) is 4.72 Å². The average Bonchev–Trinajstić information content (AvgIpc) is 2.16. The van der Waals surface area contributed by atoms with Crippen LogP contribution in [0.15, 0.2) is 18.2 Å². The van der Waals surface area contributed by atoms with Crippen LogP contribution in [0, 0.1) is 6.92 Å². The van der Waals surface area contributed by atoms with Crippen LogP contribution in [0.1, 0.15) is 36.7 Å². The van der Waals surface area contributed by atoms with Crippen LogP contribution in [-0.2, 0) is 10.2 Å². The second kappa shape index (κ2) is 5.18. The summed E-state index contributed by atoms with van der Waals surface area (Å²) >= 11 is 0. The zero-order valence-corrected chi connectivity index (χ0v) is 12.1. The lowest BCUT2D eigenvalue weighted by Crippen LogP contribution is -2.43. The Bertz CT molecular complexity index is 588. The van der Waals surface area contributed by atoms with Gasteiger partial charge in [-0.3, -0.25) is 4.72 Å². The molecule has 3 N–H and O–H groups in total. The van der Waals surface area contributed by atoms with Gasteiger partial charge in [0.1, 0.15) is 0 Å². The molecule has 0 aromatic heterocycles. The van der Waals surface area contributed by atoms with E-state index in [-0.39, 0.29) is 11.3 Å². The van der Waals surface area contributed by atoms with Crippen LogP contribution < -0.4 is 9.44 Å². The maximum Gasteiger partial charge on any atom is 0.337 e. The fourth-order valence-electron chi connectivity index (χ4n) is 1.50. The lowest BCUT2D eigenvalue weighted by molar-refractivity contribution is 0.0698. The quantitative estimate of drug-likeness (QED) is 0.785. The summed E-state index contributed by atoms with van der Waals surface area (Å²) in [4.78, 5) is 11.1. The second-order valence-electron chi connectivity index (χ2n) is 5.31. The number of carboxylic acids is 1. The minimum atomic E-state index is -3.82. The van der Waals surface area contributed by atoms with Gasteiger partial charge in [-0.15, -0.1) is 0 Å². The van der Waals surface area contributed by atoms with Crippen LogP contribution in [0.3, 0.4) is 0 Å². The molecule has 0 saturated heterocycles. The summed E-state index contributed by atoms with van der Waals surface area (Å²) in [5, 5.41) is 9.06. The number of rotatable bonds is 4. The number of aromatic carboxylic acids is 1. The zero-order valence-electron chi connectivity index (χ0n) is 11.3. The van der Waals surface area contributed by atoms with E-state index in [1.165, 1.54) is 12.1 Å². The molecule has 0 atom stereocenters. The van der Waals surface area contributed by atoms with Crippen molar-refractivity contribution in [3.8, 4) is 0 Å². The van der Waals surface area contributed by atoms with E-state index >= 15 is 0 Å². The van der Waals surface area contributed by atoms with E-state index in [4.69, 9.17) is 5.11 Å². The molecule has 0 saturated carbocycles. The van der Waals surface area contributed by atoms with Crippen molar-refractivity contribution in [3.63, 3.8) is 0 Å². The van der Waals surface area contributed by atoms with Gasteiger partial charge in [-0.25, -0.2) is 4.79 Å². The monoisotopic (exact) mass is 286 g/mol. The summed E-state index contributed by atoms with van der Waals surface area (Å²) in [5.41, 5.74) is 0.0400. The van der Waals surface area contributed by atoms with Crippen LogP contribution >= 0.6 is 0 Å². The molecule has 6 nitrogen and oxygen atoms in total. The standard InChI is InChI=1S/C12H18N2O4S/c1-8-5-6-10(9(7-8)11(15)16)13-19(17,18)14-12(2,3)4/h5-7,13-14H,1-4H3,(H,15,16). The van der Waals surface area contributed by atoms with Gasteiger partial charge in [0, 0.05) is 5.54 Å². The van der Waals surface area contributed by atoms with Crippen molar-refractivity contribution in [2.45, 2.75) is 33.2 Å². The number of hydrogen-bond donors (Lipinski definition) is 3. The molecule has 0 amide bonds. The molecule has 1 aromatic rings. The topological polar surface area (TPSA) is 95.5 Å². The lowest BCUT2D eigenvalue weighted by Gasteiger charge is -2.21. The molecule has 0 radical (unpaired) electrons. The van der Waals surface area contributed by atoms with E-state index in [1.807, 2.05) is 0 Å². The summed E-state index contributed by atoms with van der Waals surface area (Å²) in [6.07, 6.45) is 0. The third-order valence-corrected chi connectivity index (χ3v) is 3.46. The molecular formula is C12H18N2O4S. The van der Waals surface area contributed by atoms with Gasteiger partial charge in [0.15, 0.2) is 0 Å². The summed E-state index contributed by atoms with van der Waals surface area (Å²) in [7, 11) is -3.82. The van der Waals surface area contributed by atoms with Crippen LogP contribution in [0.2, 0.25) is 0 Å². The molecule has 0 heterocycles. The van der Waals surface area contributed by atoms with Crippen molar-refractivity contribution in [3.05, 3.63) is 29.3 Å². The van der Waals surface area contributed by atoms with E-state index in [1.54, 1.807) is 33.8 Å². The molecule has 0 aliphatic heterocycles. The SMILES string of the molecule is Cc1ccc(NS(=O)(=O)NC(C)(C)C)c(C(=O)O)c1. The highest BCUT2D eigenvalue weighted by molar-refractivity contribution is 7.90. The molecule has 1 aromatic carbocycles. The first-order valence-electron chi connectivity index (χ1n) is 5.66. The molecule has 1 rings (SSSR count). The molecule has 106 valence electrons. The number of carbonyl (C=O) groups is 1. The van der Waals surface area contributed by atoms with Gasteiger partial charge in [-0.05, 0) is 39.8 Å². The second-order valence-corrected chi connectivity index (χ2v) is 6.73. The van der Waals surface area contributed by atoms with Crippen LogP contribution in [0.4, 0.5) is 5.69 Å². The maximum absolute atomic E-state index is 11.9. The highest BCUT2D eigenvalue weighted by atomic mass is 32.2. The van der Waals surface area contributed by atoms with Crippen molar-refractivity contribution in [1.29, 1.82) is 0 Å². The normalized spacial score (nSPS) is 12.2. The van der Waals surface area contributed by atoms with Gasteiger partial charge in [-0.1, -0.05) is 11.6 Å². The maximum atomic E-state index is 11.9. The molecule has 0 fully saturated rings. The van der Waals surface area contributed by atoms with Crippen LogP contribution in [0.5, 0.6) is 0 Å². The number of benzene rings is 1. The third kappa shape index (κ3) is 4.88. The smallest absolute Gasteiger partial charge is 0.337 e. The molecule has 0 unspecified atom stereocenters. The minimum Gasteiger partial charge on any atom is -0.478 e. The Morgan fingerprint density at radius 1 is 1.26 bits per heavy atom. The molecule has 0 bridgehead atoms. The first-order chi connectivity index (χ1) is 8.50. The number of aryl methyl sites for hydroxylation is 1. The summed E-state index contributed by atoms with van der Waals surface area (Å²) in [5.74, 6) is -1.18. The minimum absolute atomic E-state index is 0.0369. The van der Waals surface area contributed by atoms with E-state index in [9.17, 15) is 13.2 Å². The van der Waals surface area contributed by atoms with Gasteiger partial charge in [0.25, 0.3) is 10.2 Å². The summed E-state index contributed by atoms with van der Waals surface area (Å²) in [6.45, 7) is 6.82. The molecular weight excluding hydrogens is 268 g/mol. The molecule has 0 aliphatic rings. The Morgan fingerprint density at radius 2 is 1.84 bits per heavy atom. The Morgan fingerprint density at radius 3 is 2.32 bits per heavy atom. The van der Waals surface area contributed by atoms with Crippen molar-refractivity contribution in [2.75, 3.05) is 4.72 Å². The van der Waals surface area contributed by atoms with Gasteiger partial charge >= 0.3 is 5.97 Å². The largest absolute Gasteiger partial charge is 0.478 e. The molecule has 19 heavy (non-hydrogen) atoms. The van der Waals surface area contributed by atoms with E-state index in [2.05, 4.69) is 9.44 Å². The summed E-state index contributed by atoms with van der Waals surface area (Å²) < 4.78 is 28.3. The van der Waals surface area contributed by atoms with E-state index in [0.29, 0.717) is 0 Å². The predicted octanol–water partition coefficient (Wildman–Crippen LogP) is 1.74. The zero-order chi connectivity index (χ0) is 14.8.